The Hall–Kier alpha value is -3.54. The van der Waals surface area contributed by atoms with Crippen molar-refractivity contribution >= 4 is 11.8 Å². The highest BCUT2D eigenvalue weighted by atomic mass is 16.5. The summed E-state index contributed by atoms with van der Waals surface area (Å²) in [6.07, 6.45) is 1.96. The normalized spacial score (nSPS) is 13.4. The molecule has 152 valence electrons. The number of pyridine rings is 2. The van der Waals surface area contributed by atoms with Crippen molar-refractivity contribution in [2.75, 3.05) is 7.11 Å². The number of carbonyl (C=O) groups is 1. The highest BCUT2D eigenvalue weighted by Gasteiger charge is 2.25. The third kappa shape index (κ3) is 4.08. The summed E-state index contributed by atoms with van der Waals surface area (Å²) in [5.74, 6) is 0.511. The van der Waals surface area contributed by atoms with Gasteiger partial charge < -0.3 is 10.1 Å². The fraction of sp³-hybridized carbons (Fsp3) is 0.250. The lowest BCUT2D eigenvalue weighted by atomic mass is 10.0. The molecule has 4 rings (SSSR count). The molecule has 0 radical (unpaired) electrons. The first kappa shape index (κ1) is 19.8. The van der Waals surface area contributed by atoms with E-state index in [2.05, 4.69) is 15.3 Å². The van der Waals surface area contributed by atoms with Crippen molar-refractivity contribution in [1.29, 1.82) is 0 Å². The summed E-state index contributed by atoms with van der Waals surface area (Å²) in [6.45, 7) is 4.44. The van der Waals surface area contributed by atoms with E-state index in [0.29, 0.717) is 18.1 Å². The predicted molar refractivity (Wildman–Crippen MR) is 116 cm³/mol. The number of aliphatic imine (C=N–C) groups is 1. The molecule has 0 spiro atoms. The molecule has 1 aliphatic rings. The molecule has 0 bridgehead atoms. The number of amides is 1. The lowest BCUT2D eigenvalue weighted by Crippen LogP contribution is -2.28. The van der Waals surface area contributed by atoms with E-state index in [1.165, 1.54) is 0 Å². The first-order chi connectivity index (χ1) is 14.5. The molecule has 0 unspecified atom stereocenters. The zero-order valence-electron chi connectivity index (χ0n) is 17.3. The Morgan fingerprint density at radius 3 is 2.73 bits per heavy atom. The van der Waals surface area contributed by atoms with Crippen LogP contribution in [0, 0.1) is 6.92 Å². The summed E-state index contributed by atoms with van der Waals surface area (Å²) in [5, 5.41) is 3.06. The number of hydrogen-bond donors (Lipinski definition) is 1. The van der Waals surface area contributed by atoms with Gasteiger partial charge in [-0.25, -0.2) is 4.99 Å². The van der Waals surface area contributed by atoms with Crippen molar-refractivity contribution in [3.63, 3.8) is 0 Å². The van der Waals surface area contributed by atoms with E-state index in [9.17, 15) is 4.79 Å². The molecule has 0 aliphatic carbocycles. The van der Waals surface area contributed by atoms with E-state index in [-0.39, 0.29) is 18.4 Å². The van der Waals surface area contributed by atoms with Crippen molar-refractivity contribution in [3.05, 3.63) is 82.8 Å². The van der Waals surface area contributed by atoms with E-state index in [1.807, 2.05) is 62.4 Å². The third-order valence-corrected chi connectivity index (χ3v) is 5.14. The summed E-state index contributed by atoms with van der Waals surface area (Å²) in [4.78, 5) is 26.3. The van der Waals surface area contributed by atoms with Crippen molar-refractivity contribution in [2.24, 2.45) is 4.99 Å². The standard InChI is InChI=1S/C24H24N4O2/c1-15-11-18(9-10-25-15)23-22-19(14-26-24(22)30-3)12-20(28-23)13-21(29)27-16(2)17-7-5-4-6-8-17/h4-12,16H,13-14H2,1-3H3,(H,27,29)/t16-/m1/s1. The topological polar surface area (TPSA) is 76.5 Å². The van der Waals surface area contributed by atoms with Crippen LogP contribution in [0.15, 0.2) is 59.7 Å². The van der Waals surface area contributed by atoms with Crippen LogP contribution in [0.25, 0.3) is 11.3 Å². The van der Waals surface area contributed by atoms with Crippen LogP contribution in [0.4, 0.5) is 0 Å². The van der Waals surface area contributed by atoms with Crippen LogP contribution >= 0.6 is 0 Å². The molecule has 3 aromatic rings. The monoisotopic (exact) mass is 400 g/mol. The van der Waals surface area contributed by atoms with Crippen LogP contribution in [0.3, 0.4) is 0 Å². The Bertz CT molecular complexity index is 1110. The van der Waals surface area contributed by atoms with E-state index in [4.69, 9.17) is 9.72 Å². The second-order valence-electron chi connectivity index (χ2n) is 7.38. The largest absolute Gasteiger partial charge is 0.481 e. The number of rotatable bonds is 5. The molecular formula is C24H24N4O2. The number of ether oxygens (including phenoxy) is 1. The molecule has 30 heavy (non-hydrogen) atoms. The van der Waals surface area contributed by atoms with Crippen LogP contribution in [-0.4, -0.2) is 28.9 Å². The number of benzene rings is 1. The van der Waals surface area contributed by atoms with E-state index >= 15 is 0 Å². The van der Waals surface area contributed by atoms with Crippen molar-refractivity contribution in [3.8, 4) is 11.3 Å². The van der Waals surface area contributed by atoms with Gasteiger partial charge in [0.25, 0.3) is 0 Å². The van der Waals surface area contributed by atoms with Gasteiger partial charge >= 0.3 is 0 Å². The molecule has 0 saturated heterocycles. The number of nitrogens with zero attached hydrogens (tertiary/aromatic N) is 3. The van der Waals surface area contributed by atoms with Gasteiger partial charge in [-0.2, -0.15) is 0 Å². The molecule has 6 heteroatoms. The average molecular weight is 400 g/mol. The van der Waals surface area contributed by atoms with Gasteiger partial charge in [-0.1, -0.05) is 30.3 Å². The predicted octanol–water partition coefficient (Wildman–Crippen LogP) is 3.78. The molecule has 1 aromatic carbocycles. The summed E-state index contributed by atoms with van der Waals surface area (Å²) < 4.78 is 5.47. The van der Waals surface area contributed by atoms with E-state index in [1.54, 1.807) is 13.3 Å². The maximum atomic E-state index is 12.7. The Morgan fingerprint density at radius 1 is 1.20 bits per heavy atom. The van der Waals surface area contributed by atoms with E-state index in [0.717, 1.165) is 33.6 Å². The molecule has 2 aromatic heterocycles. The van der Waals surface area contributed by atoms with Gasteiger partial charge in [0.1, 0.15) is 0 Å². The first-order valence-electron chi connectivity index (χ1n) is 9.94. The van der Waals surface area contributed by atoms with Gasteiger partial charge in [-0.05, 0) is 43.2 Å². The first-order valence-corrected chi connectivity index (χ1v) is 9.94. The fourth-order valence-corrected chi connectivity index (χ4v) is 3.70. The zero-order valence-corrected chi connectivity index (χ0v) is 17.3. The summed E-state index contributed by atoms with van der Waals surface area (Å²) in [7, 11) is 1.61. The number of fused-ring (bicyclic) bond motifs is 1. The van der Waals surface area contributed by atoms with Gasteiger partial charge in [0.2, 0.25) is 11.8 Å². The Kier molecular flexibility index (Phi) is 5.57. The highest BCUT2D eigenvalue weighted by molar-refractivity contribution is 6.03. The molecular weight excluding hydrogens is 376 g/mol. The average Bonchev–Trinajstić information content (AvgIpc) is 3.16. The maximum Gasteiger partial charge on any atom is 0.226 e. The minimum absolute atomic E-state index is 0.0680. The molecule has 1 amide bonds. The van der Waals surface area contributed by atoms with Crippen LogP contribution < -0.4 is 5.32 Å². The molecule has 0 saturated carbocycles. The Balaban J connectivity index is 1.62. The number of carbonyl (C=O) groups excluding carboxylic acids is 1. The molecule has 3 heterocycles. The number of aryl methyl sites for hydroxylation is 1. The second kappa shape index (κ2) is 8.45. The van der Waals surface area contributed by atoms with E-state index < -0.39 is 0 Å². The van der Waals surface area contributed by atoms with Crippen LogP contribution in [0.1, 0.15) is 41.0 Å². The zero-order chi connectivity index (χ0) is 21.1. The lowest BCUT2D eigenvalue weighted by Gasteiger charge is -2.15. The number of aromatic nitrogens is 2. The minimum Gasteiger partial charge on any atom is -0.481 e. The van der Waals surface area contributed by atoms with Crippen molar-refractivity contribution in [1.82, 2.24) is 15.3 Å². The summed E-state index contributed by atoms with van der Waals surface area (Å²) in [5.41, 5.74) is 6.30. The van der Waals surface area contributed by atoms with Gasteiger partial charge in [0.15, 0.2) is 0 Å². The molecule has 1 aliphatic heterocycles. The highest BCUT2D eigenvalue weighted by Crippen LogP contribution is 2.30. The van der Waals surface area contributed by atoms with Gasteiger partial charge in [0.05, 0.1) is 43.1 Å². The SMILES string of the molecule is COC1=NCc2cc(CC(=O)N[C@H](C)c3ccccc3)nc(-c3ccnc(C)c3)c21. The lowest BCUT2D eigenvalue weighted by molar-refractivity contribution is -0.121. The van der Waals surface area contributed by atoms with Gasteiger partial charge in [-0.15, -0.1) is 0 Å². The van der Waals surface area contributed by atoms with Crippen LogP contribution in [0.2, 0.25) is 0 Å². The summed E-state index contributed by atoms with van der Waals surface area (Å²) >= 11 is 0. The van der Waals surface area contributed by atoms with Crippen molar-refractivity contribution in [2.45, 2.75) is 32.9 Å². The molecule has 6 nitrogen and oxygen atoms in total. The van der Waals surface area contributed by atoms with Gasteiger partial charge in [-0.3, -0.25) is 14.8 Å². The molecule has 1 N–H and O–H groups in total. The molecule has 0 fully saturated rings. The number of nitrogens with one attached hydrogen (secondary N) is 1. The fourth-order valence-electron chi connectivity index (χ4n) is 3.70. The Morgan fingerprint density at radius 2 is 2.00 bits per heavy atom. The van der Waals surface area contributed by atoms with Crippen LogP contribution in [-0.2, 0) is 22.5 Å². The van der Waals surface area contributed by atoms with Gasteiger partial charge in [0, 0.05) is 17.5 Å². The quantitative estimate of drug-likeness (QED) is 0.707. The smallest absolute Gasteiger partial charge is 0.226 e. The van der Waals surface area contributed by atoms with Crippen molar-refractivity contribution < 1.29 is 9.53 Å². The minimum atomic E-state index is -0.0705. The second-order valence-corrected chi connectivity index (χ2v) is 7.38. The third-order valence-electron chi connectivity index (χ3n) is 5.14. The summed E-state index contributed by atoms with van der Waals surface area (Å²) in [6, 6.07) is 15.7. The Labute approximate surface area is 176 Å². The van der Waals surface area contributed by atoms with Crippen LogP contribution in [0.5, 0.6) is 0 Å². The number of methoxy groups -OCH3 is 1. The molecule has 1 atom stereocenters. The maximum absolute atomic E-state index is 12.7. The number of hydrogen-bond acceptors (Lipinski definition) is 5.